The van der Waals surface area contributed by atoms with E-state index in [-0.39, 0.29) is 23.4 Å². The molecule has 7 nitrogen and oxygen atoms in total. The summed E-state index contributed by atoms with van der Waals surface area (Å²) in [6, 6.07) is 11.9. The van der Waals surface area contributed by atoms with Crippen LogP contribution in [0.4, 0.5) is 5.69 Å². The number of benzene rings is 2. The lowest BCUT2D eigenvalue weighted by Crippen LogP contribution is -2.47. The van der Waals surface area contributed by atoms with Crippen LogP contribution in [0.3, 0.4) is 0 Å². The molecule has 0 radical (unpaired) electrons. The van der Waals surface area contributed by atoms with E-state index in [1.54, 1.807) is 49.0 Å². The topological polar surface area (TPSA) is 85.1 Å². The SMILES string of the molecule is Cc1ccccc1C(=O)NC(C(=O)Nc1ccc2c(c1)n(C)c(=O)n2C)C(C)C. The molecular weight excluding hydrogens is 368 g/mol. The summed E-state index contributed by atoms with van der Waals surface area (Å²) >= 11 is 0. The zero-order chi connectivity index (χ0) is 21.3. The lowest BCUT2D eigenvalue weighted by molar-refractivity contribution is -0.118. The Hall–Kier alpha value is -3.35. The number of fused-ring (bicyclic) bond motifs is 1. The number of imidazole rings is 1. The number of carbonyl (C=O) groups is 2. The van der Waals surface area contributed by atoms with Crippen LogP contribution < -0.4 is 16.3 Å². The zero-order valence-electron chi connectivity index (χ0n) is 17.3. The van der Waals surface area contributed by atoms with Gasteiger partial charge in [-0.15, -0.1) is 0 Å². The molecule has 0 saturated carbocycles. The first-order valence-corrected chi connectivity index (χ1v) is 9.53. The highest BCUT2D eigenvalue weighted by Gasteiger charge is 2.25. The summed E-state index contributed by atoms with van der Waals surface area (Å²) < 4.78 is 3.09. The number of anilines is 1. The summed E-state index contributed by atoms with van der Waals surface area (Å²) in [5, 5.41) is 5.71. The molecule has 3 rings (SSSR count). The number of aryl methyl sites for hydroxylation is 3. The molecule has 0 aliphatic carbocycles. The molecule has 0 bridgehead atoms. The van der Waals surface area contributed by atoms with Gasteiger partial charge in [-0.2, -0.15) is 0 Å². The van der Waals surface area contributed by atoms with Gasteiger partial charge in [0.2, 0.25) is 5.91 Å². The van der Waals surface area contributed by atoms with E-state index in [4.69, 9.17) is 0 Å². The molecule has 0 aliphatic heterocycles. The maximum absolute atomic E-state index is 12.9. The summed E-state index contributed by atoms with van der Waals surface area (Å²) in [7, 11) is 3.40. The van der Waals surface area contributed by atoms with Gasteiger partial charge in [0.25, 0.3) is 5.91 Å². The number of amides is 2. The van der Waals surface area contributed by atoms with Crippen molar-refractivity contribution in [2.24, 2.45) is 20.0 Å². The minimum atomic E-state index is -0.697. The lowest BCUT2D eigenvalue weighted by atomic mass is 10.0. The molecule has 1 heterocycles. The first-order chi connectivity index (χ1) is 13.7. The smallest absolute Gasteiger partial charge is 0.328 e. The van der Waals surface area contributed by atoms with Gasteiger partial charge in [-0.05, 0) is 42.7 Å². The van der Waals surface area contributed by atoms with Crippen LogP contribution in [0.25, 0.3) is 11.0 Å². The van der Waals surface area contributed by atoms with E-state index >= 15 is 0 Å². The van der Waals surface area contributed by atoms with E-state index in [1.165, 1.54) is 4.57 Å². The molecule has 1 unspecified atom stereocenters. The minimum absolute atomic E-state index is 0.104. The van der Waals surface area contributed by atoms with E-state index < -0.39 is 6.04 Å². The van der Waals surface area contributed by atoms with Gasteiger partial charge in [0.15, 0.2) is 0 Å². The van der Waals surface area contributed by atoms with E-state index in [9.17, 15) is 14.4 Å². The second kappa shape index (κ2) is 7.95. The van der Waals surface area contributed by atoms with Gasteiger partial charge in [0, 0.05) is 25.3 Å². The Bertz CT molecular complexity index is 1140. The lowest BCUT2D eigenvalue weighted by Gasteiger charge is -2.22. The third-order valence-corrected chi connectivity index (χ3v) is 5.16. The Kier molecular flexibility index (Phi) is 5.59. The largest absolute Gasteiger partial charge is 0.340 e. The third-order valence-electron chi connectivity index (χ3n) is 5.16. The first-order valence-electron chi connectivity index (χ1n) is 9.53. The average Bonchev–Trinajstić information content (AvgIpc) is 2.90. The molecule has 0 aliphatic rings. The Labute approximate surface area is 169 Å². The van der Waals surface area contributed by atoms with Gasteiger partial charge in [0.05, 0.1) is 11.0 Å². The number of nitrogens with one attached hydrogen (secondary N) is 2. The van der Waals surface area contributed by atoms with Crippen LogP contribution >= 0.6 is 0 Å². The summed E-state index contributed by atoms with van der Waals surface area (Å²) in [6.07, 6.45) is 0. The number of hydrogen-bond acceptors (Lipinski definition) is 3. The van der Waals surface area contributed by atoms with Crippen molar-refractivity contribution in [2.45, 2.75) is 26.8 Å². The number of aromatic nitrogens is 2. The maximum Gasteiger partial charge on any atom is 0.328 e. The molecule has 2 aromatic carbocycles. The van der Waals surface area contributed by atoms with Crippen molar-refractivity contribution in [1.29, 1.82) is 0 Å². The summed E-state index contributed by atoms with van der Waals surface area (Å²) in [6.45, 7) is 5.62. The summed E-state index contributed by atoms with van der Waals surface area (Å²) in [5.74, 6) is -0.687. The van der Waals surface area contributed by atoms with Crippen molar-refractivity contribution in [3.05, 3.63) is 64.1 Å². The fourth-order valence-corrected chi connectivity index (χ4v) is 3.39. The highest BCUT2D eigenvalue weighted by molar-refractivity contribution is 6.02. The fraction of sp³-hybridized carbons (Fsp3) is 0.318. The molecular formula is C22H26N4O3. The standard InChI is InChI=1S/C22H26N4O3/c1-13(2)19(24-20(27)16-9-7-6-8-14(16)3)21(28)23-15-10-11-17-18(12-15)26(5)22(29)25(17)4/h6-13,19H,1-5H3,(H,23,28)(H,24,27). The molecule has 152 valence electrons. The normalized spacial score (nSPS) is 12.2. The van der Waals surface area contributed by atoms with Crippen LogP contribution in [0, 0.1) is 12.8 Å². The molecule has 0 saturated heterocycles. The minimum Gasteiger partial charge on any atom is -0.340 e. The summed E-state index contributed by atoms with van der Waals surface area (Å²) in [5.41, 5.74) is 3.34. The highest BCUT2D eigenvalue weighted by atomic mass is 16.2. The van der Waals surface area contributed by atoms with Crippen LogP contribution in [0.15, 0.2) is 47.3 Å². The van der Waals surface area contributed by atoms with Crippen LogP contribution in [0.1, 0.15) is 29.8 Å². The quantitative estimate of drug-likeness (QED) is 0.698. The highest BCUT2D eigenvalue weighted by Crippen LogP contribution is 2.18. The van der Waals surface area contributed by atoms with Gasteiger partial charge < -0.3 is 10.6 Å². The molecule has 0 spiro atoms. The van der Waals surface area contributed by atoms with Gasteiger partial charge in [0.1, 0.15) is 6.04 Å². The molecule has 2 N–H and O–H groups in total. The molecule has 7 heteroatoms. The summed E-state index contributed by atoms with van der Waals surface area (Å²) in [4.78, 5) is 37.7. The van der Waals surface area contributed by atoms with Crippen LogP contribution in [0.2, 0.25) is 0 Å². The van der Waals surface area contributed by atoms with Crippen LogP contribution in [-0.2, 0) is 18.9 Å². The fourth-order valence-electron chi connectivity index (χ4n) is 3.39. The van der Waals surface area contributed by atoms with E-state index in [0.29, 0.717) is 11.3 Å². The van der Waals surface area contributed by atoms with Crippen molar-refractivity contribution in [2.75, 3.05) is 5.32 Å². The average molecular weight is 394 g/mol. The predicted molar refractivity (Wildman–Crippen MR) is 114 cm³/mol. The van der Waals surface area contributed by atoms with Gasteiger partial charge in [-0.25, -0.2) is 4.79 Å². The van der Waals surface area contributed by atoms with E-state index in [2.05, 4.69) is 10.6 Å². The zero-order valence-corrected chi connectivity index (χ0v) is 17.3. The Morgan fingerprint density at radius 2 is 1.62 bits per heavy atom. The van der Waals surface area contributed by atoms with Crippen LogP contribution in [-0.4, -0.2) is 27.0 Å². The Balaban J connectivity index is 1.82. The number of rotatable bonds is 5. The third kappa shape index (κ3) is 3.94. The second-order valence-corrected chi connectivity index (χ2v) is 7.60. The first kappa shape index (κ1) is 20.4. The molecule has 3 aromatic rings. The van der Waals surface area contributed by atoms with Gasteiger partial charge in [-0.3, -0.25) is 18.7 Å². The van der Waals surface area contributed by atoms with E-state index in [0.717, 1.165) is 16.6 Å². The monoisotopic (exact) mass is 394 g/mol. The predicted octanol–water partition coefficient (Wildman–Crippen LogP) is 2.58. The number of carbonyl (C=O) groups excluding carboxylic acids is 2. The molecule has 0 fully saturated rings. The van der Waals surface area contributed by atoms with Crippen LogP contribution in [0.5, 0.6) is 0 Å². The number of nitrogens with zero attached hydrogens (tertiary/aromatic N) is 2. The van der Waals surface area contributed by atoms with Gasteiger partial charge in [-0.1, -0.05) is 32.0 Å². The molecule has 29 heavy (non-hydrogen) atoms. The van der Waals surface area contributed by atoms with Gasteiger partial charge >= 0.3 is 5.69 Å². The van der Waals surface area contributed by atoms with Crippen molar-refractivity contribution in [1.82, 2.24) is 14.5 Å². The van der Waals surface area contributed by atoms with E-state index in [1.807, 2.05) is 32.9 Å². The Morgan fingerprint density at radius 1 is 0.966 bits per heavy atom. The van der Waals surface area contributed by atoms with Crippen molar-refractivity contribution >= 4 is 28.5 Å². The molecule has 1 atom stereocenters. The molecule has 2 amide bonds. The number of hydrogen-bond donors (Lipinski definition) is 2. The second-order valence-electron chi connectivity index (χ2n) is 7.60. The Morgan fingerprint density at radius 3 is 2.28 bits per heavy atom. The maximum atomic E-state index is 12.9. The van der Waals surface area contributed by atoms with Crippen molar-refractivity contribution in [3.63, 3.8) is 0 Å². The molecule has 1 aromatic heterocycles. The van der Waals surface area contributed by atoms with Crippen molar-refractivity contribution < 1.29 is 9.59 Å². The van der Waals surface area contributed by atoms with Crippen molar-refractivity contribution in [3.8, 4) is 0 Å².